The molecule has 7 atom stereocenters. The van der Waals surface area contributed by atoms with E-state index >= 15 is 0 Å². The van der Waals surface area contributed by atoms with E-state index in [0.29, 0.717) is 19.4 Å². The molecule has 0 radical (unpaired) electrons. The quantitative estimate of drug-likeness (QED) is 0.143. The summed E-state index contributed by atoms with van der Waals surface area (Å²) < 4.78 is 4.91. The second-order valence-corrected chi connectivity index (χ2v) is 13.8. The van der Waals surface area contributed by atoms with Crippen LogP contribution in [0.1, 0.15) is 50.2 Å². The number of anilines is 1. The summed E-state index contributed by atoms with van der Waals surface area (Å²) in [4.78, 5) is 45.9. The molecule has 2 bridgehead atoms. The number of nitrogens with zero attached hydrogens (tertiary/aromatic N) is 2. The highest BCUT2D eigenvalue weighted by Crippen LogP contribution is 2.68. The number of halogens is 1. The largest absolute Gasteiger partial charge is 0.465 e. The van der Waals surface area contributed by atoms with E-state index in [1.54, 1.807) is 27.6 Å². The zero-order valence-electron chi connectivity index (χ0n) is 23.7. The van der Waals surface area contributed by atoms with Gasteiger partial charge in [-0.25, -0.2) is 0 Å². The third-order valence-corrected chi connectivity index (χ3v) is 11.9. The fraction of sp³-hybridized carbons (Fsp3) is 0.581. The molecule has 2 amide bonds. The fourth-order valence-electron chi connectivity index (χ4n) is 6.88. The molecule has 9 heteroatoms. The average Bonchev–Trinajstić information content (AvgIpc) is 3.52. The van der Waals surface area contributed by atoms with Crippen LogP contribution >= 0.6 is 27.7 Å². The molecule has 3 heterocycles. The zero-order valence-corrected chi connectivity index (χ0v) is 26.1. The Morgan fingerprint density at radius 3 is 2.58 bits per heavy atom. The number of carbonyl (C=O) groups excluding carboxylic acids is 3. The van der Waals surface area contributed by atoms with Crippen LogP contribution in [-0.2, 0) is 19.1 Å². The Kier molecular flexibility index (Phi) is 9.89. The van der Waals surface area contributed by atoms with Gasteiger partial charge in [0.25, 0.3) is 5.91 Å². The lowest BCUT2D eigenvalue weighted by atomic mass is 9.71. The number of thioether (sulfide) groups is 1. The number of hydrogen-bond donors (Lipinski definition) is 1. The van der Waals surface area contributed by atoms with Gasteiger partial charge in [0.1, 0.15) is 6.04 Å². The van der Waals surface area contributed by atoms with E-state index in [9.17, 15) is 19.5 Å². The van der Waals surface area contributed by atoms with Gasteiger partial charge in [0.2, 0.25) is 5.91 Å². The van der Waals surface area contributed by atoms with Gasteiger partial charge in [-0.05, 0) is 57.1 Å². The predicted molar refractivity (Wildman–Crippen MR) is 164 cm³/mol. The first kappa shape index (κ1) is 30.8. The number of fused-ring (bicyclic) bond motifs is 1. The fourth-order valence-corrected chi connectivity index (χ4v) is 10.5. The standard InChI is InChI=1S/C31H41BrN2O5S/c1-6-9-10-11-16-39-30(38)23-24-28(36)34(21(8-3)18-35)27(31(24)17-22(32)26(23)40-31)29(37)33(15-7-2)25-19(4)13-12-14-20(25)5/h6-7,12-14,21-24,26-27,35H,1-2,8-11,15-18H2,3-5H3/t21-,22?,23-,24-,26-,27?,31?/m0/s1. The van der Waals surface area contributed by atoms with E-state index in [1.807, 2.05) is 45.0 Å². The number of rotatable bonds is 13. The lowest BCUT2D eigenvalue weighted by Crippen LogP contribution is -2.58. The van der Waals surface area contributed by atoms with E-state index in [2.05, 4.69) is 29.1 Å². The molecule has 1 aromatic carbocycles. The number of aryl methyl sites for hydroxylation is 2. The van der Waals surface area contributed by atoms with Crippen LogP contribution < -0.4 is 4.90 Å². The van der Waals surface area contributed by atoms with Gasteiger partial charge in [0, 0.05) is 22.3 Å². The number of ether oxygens (including phenoxy) is 1. The van der Waals surface area contributed by atoms with Crippen LogP contribution in [0.3, 0.4) is 0 Å². The van der Waals surface area contributed by atoms with Crippen molar-refractivity contribution < 1.29 is 24.2 Å². The topological polar surface area (TPSA) is 87.1 Å². The number of aliphatic hydroxyl groups is 1. The number of aliphatic hydroxyl groups excluding tert-OH is 1. The first-order valence-corrected chi connectivity index (χ1v) is 16.0. The molecule has 3 aliphatic heterocycles. The van der Waals surface area contributed by atoms with Crippen LogP contribution in [-0.4, -0.2) is 74.5 Å². The molecular weight excluding hydrogens is 592 g/mol. The maximum absolute atomic E-state index is 14.8. The molecule has 3 fully saturated rings. The molecule has 3 unspecified atom stereocenters. The lowest BCUT2D eigenvalue weighted by molar-refractivity contribution is -0.154. The SMILES string of the molecule is C=CCCCCOC(=O)[C@H]1[C@H]2C(=O)N([C@@H](CC)CO)C(C(=O)N(CC=C)c3c(C)cccc3C)C23CC(Br)[C@@H]1S3. The number of hydrogen-bond acceptors (Lipinski definition) is 6. The normalized spacial score (nSPS) is 29.3. The van der Waals surface area contributed by atoms with Gasteiger partial charge < -0.3 is 19.6 Å². The molecule has 3 saturated heterocycles. The summed E-state index contributed by atoms with van der Waals surface area (Å²) in [6, 6.07) is 4.54. The predicted octanol–water partition coefficient (Wildman–Crippen LogP) is 4.96. The average molecular weight is 634 g/mol. The highest BCUT2D eigenvalue weighted by atomic mass is 79.9. The van der Waals surface area contributed by atoms with Crippen molar-refractivity contribution in [1.29, 1.82) is 0 Å². The summed E-state index contributed by atoms with van der Waals surface area (Å²) in [5, 5.41) is 10.2. The summed E-state index contributed by atoms with van der Waals surface area (Å²) in [5.74, 6) is -2.15. The minimum Gasteiger partial charge on any atom is -0.465 e. The number of amides is 2. The Balaban J connectivity index is 1.76. The van der Waals surface area contributed by atoms with Crippen molar-refractivity contribution in [2.75, 3.05) is 24.7 Å². The van der Waals surface area contributed by atoms with Crippen LogP contribution in [0.15, 0.2) is 43.5 Å². The van der Waals surface area contributed by atoms with Gasteiger partial charge in [-0.15, -0.1) is 24.9 Å². The smallest absolute Gasteiger partial charge is 0.310 e. The summed E-state index contributed by atoms with van der Waals surface area (Å²) in [7, 11) is 0. The first-order chi connectivity index (χ1) is 19.2. The number of unbranched alkanes of at least 4 members (excludes halogenated alkanes) is 2. The molecule has 0 aliphatic carbocycles. The van der Waals surface area contributed by atoms with E-state index in [4.69, 9.17) is 4.74 Å². The number of esters is 1. The molecule has 1 spiro atoms. The number of benzene rings is 1. The minimum atomic E-state index is -0.832. The molecule has 3 aliphatic rings. The van der Waals surface area contributed by atoms with Crippen molar-refractivity contribution in [3.63, 3.8) is 0 Å². The Labute approximate surface area is 250 Å². The molecule has 1 aromatic rings. The number of carbonyl (C=O) groups is 3. The second kappa shape index (κ2) is 12.8. The highest BCUT2D eigenvalue weighted by molar-refractivity contribution is 9.09. The number of allylic oxidation sites excluding steroid dienone is 1. The minimum absolute atomic E-state index is 0.0441. The lowest BCUT2D eigenvalue weighted by Gasteiger charge is -2.40. The molecule has 0 saturated carbocycles. The first-order valence-electron chi connectivity index (χ1n) is 14.2. The number of para-hydroxylation sites is 1. The third-order valence-electron chi connectivity index (χ3n) is 8.64. The van der Waals surface area contributed by atoms with E-state index in [-0.39, 0.29) is 41.0 Å². The van der Waals surface area contributed by atoms with Gasteiger partial charge in [-0.1, -0.05) is 53.2 Å². The van der Waals surface area contributed by atoms with Crippen LogP contribution in [0.2, 0.25) is 0 Å². The summed E-state index contributed by atoms with van der Waals surface area (Å²) >= 11 is 5.39. The molecule has 218 valence electrons. The Bertz CT molecular complexity index is 1140. The molecule has 1 N–H and O–H groups in total. The van der Waals surface area contributed by atoms with Gasteiger partial charge in [-0.2, -0.15) is 0 Å². The maximum Gasteiger partial charge on any atom is 0.310 e. The van der Waals surface area contributed by atoms with Crippen molar-refractivity contribution in [2.45, 2.75) is 79.8 Å². The van der Waals surface area contributed by atoms with Crippen LogP contribution in [0.5, 0.6) is 0 Å². The van der Waals surface area contributed by atoms with Gasteiger partial charge in [0.15, 0.2) is 0 Å². The summed E-state index contributed by atoms with van der Waals surface area (Å²) in [6.07, 6.45) is 7.07. The van der Waals surface area contributed by atoms with E-state index in [1.165, 1.54) is 0 Å². The zero-order chi connectivity index (χ0) is 29.2. The van der Waals surface area contributed by atoms with Gasteiger partial charge >= 0.3 is 5.97 Å². The number of likely N-dealkylation sites (tertiary alicyclic amines) is 1. The van der Waals surface area contributed by atoms with E-state index < -0.39 is 28.7 Å². The summed E-state index contributed by atoms with van der Waals surface area (Å²) in [5.41, 5.74) is 2.71. The van der Waals surface area contributed by atoms with Crippen molar-refractivity contribution >= 4 is 51.2 Å². The maximum atomic E-state index is 14.8. The number of alkyl halides is 1. The van der Waals surface area contributed by atoms with Crippen LogP contribution in [0.4, 0.5) is 5.69 Å². The van der Waals surface area contributed by atoms with Crippen LogP contribution in [0.25, 0.3) is 0 Å². The monoisotopic (exact) mass is 632 g/mol. The van der Waals surface area contributed by atoms with E-state index in [0.717, 1.165) is 36.1 Å². The second-order valence-electron chi connectivity index (χ2n) is 11.1. The third kappa shape index (κ3) is 5.18. The molecule has 40 heavy (non-hydrogen) atoms. The summed E-state index contributed by atoms with van der Waals surface area (Å²) in [6.45, 7) is 13.8. The van der Waals surface area contributed by atoms with Crippen molar-refractivity contribution in [3.05, 3.63) is 54.6 Å². The molecule has 0 aromatic heterocycles. The molecule has 4 rings (SSSR count). The van der Waals surface area contributed by atoms with Crippen molar-refractivity contribution in [2.24, 2.45) is 11.8 Å². The van der Waals surface area contributed by atoms with Crippen molar-refractivity contribution in [3.8, 4) is 0 Å². The van der Waals surface area contributed by atoms with Gasteiger partial charge in [0.05, 0.1) is 35.8 Å². The Hall–Kier alpha value is -2.10. The molecule has 7 nitrogen and oxygen atoms in total. The highest BCUT2D eigenvalue weighted by Gasteiger charge is 2.76. The Morgan fingerprint density at radius 1 is 1.27 bits per heavy atom. The Morgan fingerprint density at radius 2 is 1.98 bits per heavy atom. The van der Waals surface area contributed by atoms with Gasteiger partial charge in [-0.3, -0.25) is 14.4 Å². The van der Waals surface area contributed by atoms with Crippen LogP contribution in [0, 0.1) is 25.7 Å². The van der Waals surface area contributed by atoms with Crippen molar-refractivity contribution in [1.82, 2.24) is 4.90 Å². The molecular formula is C31H41BrN2O5S.